The van der Waals surface area contributed by atoms with Crippen molar-refractivity contribution in [1.82, 2.24) is 0 Å². The summed E-state index contributed by atoms with van der Waals surface area (Å²) >= 11 is 0. The van der Waals surface area contributed by atoms with Gasteiger partial charge in [0, 0.05) is 6.42 Å². The number of ether oxygens (including phenoxy) is 1. The minimum absolute atomic E-state index is 0.0472. The zero-order chi connectivity index (χ0) is 10.6. The number of halogens is 1. The zero-order valence-electron chi connectivity index (χ0n) is 8.34. The Balaban J connectivity index is 3.07. The van der Waals surface area contributed by atoms with Crippen LogP contribution >= 0.6 is 0 Å². The summed E-state index contributed by atoms with van der Waals surface area (Å²) in [7, 11) is 1.36. The van der Waals surface area contributed by atoms with E-state index in [1.54, 1.807) is 6.07 Å². The van der Waals surface area contributed by atoms with Crippen molar-refractivity contribution in [3.63, 3.8) is 0 Å². The van der Waals surface area contributed by atoms with Crippen LogP contribution in [0, 0.1) is 5.82 Å². The van der Waals surface area contributed by atoms with Crippen LogP contribution in [0.3, 0.4) is 0 Å². The topological polar surface area (TPSA) is 26.3 Å². The van der Waals surface area contributed by atoms with Gasteiger partial charge in [-0.1, -0.05) is 13.0 Å². The van der Waals surface area contributed by atoms with Crippen molar-refractivity contribution in [2.75, 3.05) is 7.11 Å². The Hall–Kier alpha value is -1.38. The van der Waals surface area contributed by atoms with Gasteiger partial charge in [0.15, 0.2) is 17.3 Å². The molecule has 0 saturated carbocycles. The van der Waals surface area contributed by atoms with Gasteiger partial charge in [0.1, 0.15) is 0 Å². The number of methoxy groups -OCH3 is 1. The average Bonchev–Trinajstić information content (AvgIpc) is 2.17. The molecule has 0 bridgehead atoms. The molecule has 1 aromatic carbocycles. The summed E-state index contributed by atoms with van der Waals surface area (Å²) in [5, 5.41) is 0. The number of para-hydroxylation sites is 1. The number of ketones is 1. The second kappa shape index (κ2) is 4.74. The van der Waals surface area contributed by atoms with Gasteiger partial charge in [0.25, 0.3) is 0 Å². The Labute approximate surface area is 82.7 Å². The lowest BCUT2D eigenvalue weighted by Crippen LogP contribution is -2.03. The van der Waals surface area contributed by atoms with Crippen molar-refractivity contribution in [1.29, 1.82) is 0 Å². The lowest BCUT2D eigenvalue weighted by Gasteiger charge is -2.07. The first kappa shape index (κ1) is 10.7. The third-order valence-corrected chi connectivity index (χ3v) is 1.95. The average molecular weight is 196 g/mol. The molecule has 0 aliphatic heterocycles. The number of benzene rings is 1. The van der Waals surface area contributed by atoms with Gasteiger partial charge in [-0.05, 0) is 18.6 Å². The van der Waals surface area contributed by atoms with E-state index in [1.807, 2.05) is 6.92 Å². The molecule has 3 heteroatoms. The monoisotopic (exact) mass is 196 g/mol. The van der Waals surface area contributed by atoms with E-state index in [1.165, 1.54) is 19.2 Å². The summed E-state index contributed by atoms with van der Waals surface area (Å²) in [6.45, 7) is 1.91. The third-order valence-electron chi connectivity index (χ3n) is 1.95. The first-order valence-corrected chi connectivity index (χ1v) is 4.56. The number of rotatable bonds is 4. The fraction of sp³-hybridized carbons (Fsp3) is 0.364. The molecule has 0 amide bonds. The Morgan fingerprint density at radius 3 is 2.79 bits per heavy atom. The Morgan fingerprint density at radius 1 is 1.50 bits per heavy atom. The van der Waals surface area contributed by atoms with E-state index in [-0.39, 0.29) is 11.5 Å². The van der Waals surface area contributed by atoms with Crippen molar-refractivity contribution < 1.29 is 13.9 Å². The smallest absolute Gasteiger partial charge is 0.166 e. The van der Waals surface area contributed by atoms with E-state index in [0.717, 1.165) is 6.42 Å². The predicted octanol–water partition coefficient (Wildman–Crippen LogP) is 2.82. The highest BCUT2D eigenvalue weighted by Gasteiger charge is 2.14. The van der Waals surface area contributed by atoms with E-state index in [2.05, 4.69) is 0 Å². The summed E-state index contributed by atoms with van der Waals surface area (Å²) in [6, 6.07) is 4.38. The standard InChI is InChI=1S/C11H13FO2/c1-3-5-10(13)8-6-4-7-9(12)11(8)14-2/h4,6-7H,3,5H2,1-2H3. The second-order valence-electron chi connectivity index (χ2n) is 2.99. The van der Waals surface area contributed by atoms with Crippen LogP contribution in [0.15, 0.2) is 18.2 Å². The molecule has 0 spiro atoms. The van der Waals surface area contributed by atoms with Crippen LogP contribution < -0.4 is 4.74 Å². The molecule has 1 rings (SSSR count). The Bertz CT molecular complexity index is 334. The Kier molecular flexibility index (Phi) is 3.63. The zero-order valence-corrected chi connectivity index (χ0v) is 8.34. The van der Waals surface area contributed by atoms with Gasteiger partial charge in [0.2, 0.25) is 0 Å². The van der Waals surface area contributed by atoms with Crippen molar-refractivity contribution in [2.24, 2.45) is 0 Å². The fourth-order valence-corrected chi connectivity index (χ4v) is 1.30. The van der Waals surface area contributed by atoms with Crippen LogP contribution in [0.1, 0.15) is 30.1 Å². The van der Waals surface area contributed by atoms with Gasteiger partial charge >= 0.3 is 0 Å². The van der Waals surface area contributed by atoms with Gasteiger partial charge in [0.05, 0.1) is 12.7 Å². The van der Waals surface area contributed by atoms with Crippen LogP contribution in [-0.2, 0) is 0 Å². The van der Waals surface area contributed by atoms with E-state index >= 15 is 0 Å². The van der Waals surface area contributed by atoms with Gasteiger partial charge in [-0.15, -0.1) is 0 Å². The molecule has 0 aliphatic rings. The van der Waals surface area contributed by atoms with Crippen molar-refractivity contribution in [3.8, 4) is 5.75 Å². The van der Waals surface area contributed by atoms with Crippen molar-refractivity contribution in [3.05, 3.63) is 29.6 Å². The van der Waals surface area contributed by atoms with E-state index < -0.39 is 5.82 Å². The largest absolute Gasteiger partial charge is 0.493 e. The van der Waals surface area contributed by atoms with Gasteiger partial charge < -0.3 is 4.74 Å². The molecule has 0 saturated heterocycles. The SMILES string of the molecule is CCCC(=O)c1cccc(F)c1OC. The molecule has 0 heterocycles. The summed E-state index contributed by atoms with van der Waals surface area (Å²) < 4.78 is 18.0. The predicted molar refractivity (Wildman–Crippen MR) is 52.2 cm³/mol. The highest BCUT2D eigenvalue weighted by Crippen LogP contribution is 2.23. The van der Waals surface area contributed by atoms with E-state index in [9.17, 15) is 9.18 Å². The second-order valence-corrected chi connectivity index (χ2v) is 2.99. The molecular weight excluding hydrogens is 183 g/mol. The van der Waals surface area contributed by atoms with Gasteiger partial charge in [-0.3, -0.25) is 4.79 Å². The molecule has 0 aromatic heterocycles. The van der Waals surface area contributed by atoms with Crippen molar-refractivity contribution in [2.45, 2.75) is 19.8 Å². The van der Waals surface area contributed by atoms with Crippen LogP contribution in [0.5, 0.6) is 5.75 Å². The molecule has 76 valence electrons. The summed E-state index contributed by atoms with van der Waals surface area (Å²) in [4.78, 5) is 11.5. The molecule has 0 unspecified atom stereocenters. The van der Waals surface area contributed by atoms with Crippen LogP contribution in [0.4, 0.5) is 4.39 Å². The van der Waals surface area contributed by atoms with Gasteiger partial charge in [-0.25, -0.2) is 4.39 Å². The summed E-state index contributed by atoms with van der Waals surface area (Å²) in [6.07, 6.45) is 1.16. The molecule has 1 aromatic rings. The lowest BCUT2D eigenvalue weighted by molar-refractivity contribution is 0.0978. The fourth-order valence-electron chi connectivity index (χ4n) is 1.30. The molecule has 0 radical (unpaired) electrons. The van der Waals surface area contributed by atoms with Crippen molar-refractivity contribution >= 4 is 5.78 Å². The number of carbonyl (C=O) groups is 1. The molecule has 2 nitrogen and oxygen atoms in total. The minimum Gasteiger partial charge on any atom is -0.493 e. The highest BCUT2D eigenvalue weighted by molar-refractivity contribution is 5.98. The normalized spacial score (nSPS) is 9.93. The molecule has 0 N–H and O–H groups in total. The number of Topliss-reactive ketones (excluding diaryl/α,β-unsaturated/α-hetero) is 1. The van der Waals surface area contributed by atoms with Crippen LogP contribution in [-0.4, -0.2) is 12.9 Å². The quantitative estimate of drug-likeness (QED) is 0.692. The van der Waals surface area contributed by atoms with E-state index in [0.29, 0.717) is 12.0 Å². The lowest BCUT2D eigenvalue weighted by atomic mass is 10.1. The van der Waals surface area contributed by atoms with Crippen LogP contribution in [0.2, 0.25) is 0 Å². The van der Waals surface area contributed by atoms with Crippen LogP contribution in [0.25, 0.3) is 0 Å². The molecule has 0 aliphatic carbocycles. The van der Waals surface area contributed by atoms with Gasteiger partial charge in [-0.2, -0.15) is 0 Å². The molecule has 0 atom stereocenters. The maximum Gasteiger partial charge on any atom is 0.166 e. The first-order chi connectivity index (χ1) is 6.70. The molecular formula is C11H13FO2. The Morgan fingerprint density at radius 2 is 2.21 bits per heavy atom. The highest BCUT2D eigenvalue weighted by atomic mass is 19.1. The summed E-state index contributed by atoms with van der Waals surface area (Å²) in [5.41, 5.74) is 0.328. The first-order valence-electron chi connectivity index (χ1n) is 4.56. The minimum atomic E-state index is -0.491. The number of carbonyl (C=O) groups excluding carboxylic acids is 1. The van der Waals surface area contributed by atoms with E-state index in [4.69, 9.17) is 4.74 Å². The maximum absolute atomic E-state index is 13.2. The third kappa shape index (κ3) is 2.10. The maximum atomic E-state index is 13.2. The molecule has 14 heavy (non-hydrogen) atoms. The number of hydrogen-bond acceptors (Lipinski definition) is 2. The summed E-state index contributed by atoms with van der Waals surface area (Å²) in [5.74, 6) is -0.524. The number of hydrogen-bond donors (Lipinski definition) is 0. The molecule has 0 fully saturated rings.